The number of benzene rings is 1. The number of likely N-dealkylation sites (tertiary alicyclic amines) is 1. The number of nitrogens with two attached hydrogens (primary N) is 1. The van der Waals surface area contributed by atoms with E-state index >= 15 is 0 Å². The van der Waals surface area contributed by atoms with Gasteiger partial charge in [0, 0.05) is 25.7 Å². The van der Waals surface area contributed by atoms with Crippen molar-refractivity contribution in [2.75, 3.05) is 20.2 Å². The number of esters is 1. The maximum absolute atomic E-state index is 11.3. The molecule has 92 valence electrons. The Kier molecular flexibility index (Phi) is 3.76. The Morgan fingerprint density at radius 1 is 1.47 bits per heavy atom. The van der Waals surface area contributed by atoms with Gasteiger partial charge >= 0.3 is 5.97 Å². The van der Waals surface area contributed by atoms with E-state index in [4.69, 9.17) is 5.73 Å². The minimum absolute atomic E-state index is 0.292. The maximum Gasteiger partial charge on any atom is 0.337 e. The molecule has 0 spiro atoms. The molecule has 1 aromatic rings. The van der Waals surface area contributed by atoms with Crippen LogP contribution in [0.3, 0.4) is 0 Å². The van der Waals surface area contributed by atoms with Crippen LogP contribution in [0, 0.1) is 0 Å². The molecule has 17 heavy (non-hydrogen) atoms. The first kappa shape index (κ1) is 12.1. The summed E-state index contributed by atoms with van der Waals surface area (Å²) < 4.78 is 4.66. The number of carbonyl (C=O) groups is 1. The molecule has 4 nitrogen and oxygen atoms in total. The third-order valence-corrected chi connectivity index (χ3v) is 3.09. The molecule has 2 N–H and O–H groups in total. The fraction of sp³-hybridized carbons (Fsp3) is 0.462. The summed E-state index contributed by atoms with van der Waals surface area (Å²) in [5.74, 6) is -0.292. The van der Waals surface area contributed by atoms with E-state index in [9.17, 15) is 4.79 Å². The third kappa shape index (κ3) is 3.05. The summed E-state index contributed by atoms with van der Waals surface area (Å²) in [4.78, 5) is 13.6. The number of methoxy groups -OCH3 is 1. The second-order valence-corrected chi connectivity index (χ2v) is 4.47. The highest BCUT2D eigenvalue weighted by molar-refractivity contribution is 5.89. The van der Waals surface area contributed by atoms with Crippen LogP contribution in [0.15, 0.2) is 24.3 Å². The Hall–Kier alpha value is -1.39. The normalized spacial score (nSPS) is 20.5. The van der Waals surface area contributed by atoms with Gasteiger partial charge in [-0.25, -0.2) is 4.79 Å². The van der Waals surface area contributed by atoms with E-state index in [1.165, 1.54) is 12.7 Å². The standard InChI is InChI=1S/C13H18N2O2/c1-17-13(16)11-4-2-10(3-5-11)8-15-7-6-12(14)9-15/h2-5,12H,6-9,14H2,1H3/t12-/m0/s1. The summed E-state index contributed by atoms with van der Waals surface area (Å²) in [5.41, 5.74) is 7.65. The summed E-state index contributed by atoms with van der Waals surface area (Å²) in [7, 11) is 1.39. The first-order valence-corrected chi connectivity index (χ1v) is 5.84. The van der Waals surface area contributed by atoms with Crippen molar-refractivity contribution < 1.29 is 9.53 Å². The van der Waals surface area contributed by atoms with Crippen molar-refractivity contribution in [3.63, 3.8) is 0 Å². The molecule has 0 amide bonds. The largest absolute Gasteiger partial charge is 0.465 e. The van der Waals surface area contributed by atoms with E-state index in [2.05, 4.69) is 9.64 Å². The van der Waals surface area contributed by atoms with Crippen molar-refractivity contribution in [3.05, 3.63) is 35.4 Å². The van der Waals surface area contributed by atoms with Gasteiger partial charge in [0.2, 0.25) is 0 Å². The van der Waals surface area contributed by atoms with Crippen LogP contribution >= 0.6 is 0 Å². The molecule has 0 unspecified atom stereocenters. The van der Waals surface area contributed by atoms with Gasteiger partial charge in [0.05, 0.1) is 12.7 Å². The lowest BCUT2D eigenvalue weighted by Gasteiger charge is -2.15. The molecule has 1 saturated heterocycles. The van der Waals surface area contributed by atoms with Gasteiger partial charge in [-0.3, -0.25) is 4.90 Å². The van der Waals surface area contributed by atoms with Crippen LogP contribution in [0.25, 0.3) is 0 Å². The van der Waals surface area contributed by atoms with Crippen LogP contribution in [0.5, 0.6) is 0 Å². The fourth-order valence-corrected chi connectivity index (χ4v) is 2.13. The van der Waals surface area contributed by atoms with Crippen molar-refractivity contribution in [2.45, 2.75) is 19.0 Å². The smallest absolute Gasteiger partial charge is 0.337 e. The Bertz CT molecular complexity index is 389. The van der Waals surface area contributed by atoms with Crippen molar-refractivity contribution in [2.24, 2.45) is 5.73 Å². The van der Waals surface area contributed by atoms with E-state index in [0.717, 1.165) is 26.1 Å². The summed E-state index contributed by atoms with van der Waals surface area (Å²) in [5, 5.41) is 0. The molecule has 0 radical (unpaired) electrons. The monoisotopic (exact) mass is 234 g/mol. The molecule has 0 aromatic heterocycles. The number of ether oxygens (including phenoxy) is 1. The lowest BCUT2D eigenvalue weighted by Crippen LogP contribution is -2.26. The van der Waals surface area contributed by atoms with E-state index in [0.29, 0.717) is 11.6 Å². The van der Waals surface area contributed by atoms with Gasteiger partial charge in [0.15, 0.2) is 0 Å². The second kappa shape index (κ2) is 5.29. The molecule has 2 rings (SSSR count). The number of rotatable bonds is 3. The minimum atomic E-state index is -0.292. The maximum atomic E-state index is 11.3. The first-order valence-electron chi connectivity index (χ1n) is 5.84. The highest BCUT2D eigenvalue weighted by Crippen LogP contribution is 2.13. The predicted octanol–water partition coefficient (Wildman–Crippen LogP) is 1.01. The van der Waals surface area contributed by atoms with Crippen LogP contribution in [0.1, 0.15) is 22.3 Å². The number of hydrogen-bond donors (Lipinski definition) is 1. The Balaban J connectivity index is 1.96. The highest BCUT2D eigenvalue weighted by Gasteiger charge is 2.18. The number of carbonyl (C=O) groups excluding carboxylic acids is 1. The van der Waals surface area contributed by atoms with E-state index in [1.54, 1.807) is 12.1 Å². The molecule has 0 bridgehead atoms. The summed E-state index contributed by atoms with van der Waals surface area (Å²) >= 11 is 0. The molecule has 1 atom stereocenters. The molecule has 1 aromatic carbocycles. The van der Waals surface area contributed by atoms with Gasteiger partial charge in [-0.05, 0) is 24.1 Å². The third-order valence-electron chi connectivity index (χ3n) is 3.09. The average molecular weight is 234 g/mol. The second-order valence-electron chi connectivity index (χ2n) is 4.47. The van der Waals surface area contributed by atoms with Gasteiger partial charge in [0.25, 0.3) is 0 Å². The summed E-state index contributed by atoms with van der Waals surface area (Å²) in [6, 6.07) is 7.85. The average Bonchev–Trinajstić information content (AvgIpc) is 2.75. The Morgan fingerprint density at radius 2 is 2.18 bits per heavy atom. The van der Waals surface area contributed by atoms with Crippen molar-refractivity contribution in [1.29, 1.82) is 0 Å². The lowest BCUT2D eigenvalue weighted by atomic mass is 10.1. The Labute approximate surface area is 101 Å². The summed E-state index contributed by atoms with van der Waals surface area (Å²) in [6.45, 7) is 2.91. The van der Waals surface area contributed by atoms with Crippen molar-refractivity contribution >= 4 is 5.97 Å². The van der Waals surface area contributed by atoms with E-state index in [1.807, 2.05) is 12.1 Å². The zero-order valence-electron chi connectivity index (χ0n) is 10.1. The van der Waals surface area contributed by atoms with Crippen molar-refractivity contribution in [1.82, 2.24) is 4.90 Å². The van der Waals surface area contributed by atoms with Gasteiger partial charge in [-0.2, -0.15) is 0 Å². The Morgan fingerprint density at radius 3 is 2.71 bits per heavy atom. The topological polar surface area (TPSA) is 55.6 Å². The zero-order valence-corrected chi connectivity index (χ0v) is 10.1. The van der Waals surface area contributed by atoms with Crippen LogP contribution < -0.4 is 5.73 Å². The molecular formula is C13H18N2O2. The zero-order chi connectivity index (χ0) is 12.3. The molecule has 1 aliphatic heterocycles. The quantitative estimate of drug-likeness (QED) is 0.793. The van der Waals surface area contributed by atoms with Crippen LogP contribution in [-0.2, 0) is 11.3 Å². The van der Waals surface area contributed by atoms with Crippen LogP contribution in [-0.4, -0.2) is 37.1 Å². The molecule has 4 heteroatoms. The van der Waals surface area contributed by atoms with Gasteiger partial charge < -0.3 is 10.5 Å². The highest BCUT2D eigenvalue weighted by atomic mass is 16.5. The molecule has 0 aliphatic carbocycles. The number of nitrogens with zero attached hydrogens (tertiary/aromatic N) is 1. The number of hydrogen-bond acceptors (Lipinski definition) is 4. The molecular weight excluding hydrogens is 216 g/mol. The molecule has 1 aliphatic rings. The minimum Gasteiger partial charge on any atom is -0.465 e. The summed E-state index contributed by atoms with van der Waals surface area (Å²) in [6.07, 6.45) is 1.07. The van der Waals surface area contributed by atoms with Gasteiger partial charge in [0.1, 0.15) is 0 Å². The molecule has 0 saturated carbocycles. The van der Waals surface area contributed by atoms with E-state index in [-0.39, 0.29) is 5.97 Å². The SMILES string of the molecule is COC(=O)c1ccc(CN2CC[C@H](N)C2)cc1. The van der Waals surface area contributed by atoms with E-state index < -0.39 is 0 Å². The fourth-order valence-electron chi connectivity index (χ4n) is 2.13. The van der Waals surface area contributed by atoms with Crippen LogP contribution in [0.4, 0.5) is 0 Å². The molecule has 1 heterocycles. The predicted molar refractivity (Wildman–Crippen MR) is 65.7 cm³/mol. The van der Waals surface area contributed by atoms with Gasteiger partial charge in [-0.15, -0.1) is 0 Å². The van der Waals surface area contributed by atoms with Gasteiger partial charge in [-0.1, -0.05) is 12.1 Å². The van der Waals surface area contributed by atoms with Crippen LogP contribution in [0.2, 0.25) is 0 Å². The molecule has 1 fully saturated rings. The lowest BCUT2D eigenvalue weighted by molar-refractivity contribution is 0.0600. The van der Waals surface area contributed by atoms with Crippen molar-refractivity contribution in [3.8, 4) is 0 Å². The first-order chi connectivity index (χ1) is 8.19.